The number of anilines is 1. The molecule has 0 aliphatic heterocycles. The van der Waals surface area contributed by atoms with Gasteiger partial charge in [-0.3, -0.25) is 4.79 Å². The van der Waals surface area contributed by atoms with Crippen LogP contribution in [0.25, 0.3) is 0 Å². The van der Waals surface area contributed by atoms with Gasteiger partial charge in [-0.1, -0.05) is 6.92 Å². The molecule has 112 valence electrons. The molecule has 1 aromatic rings. The van der Waals surface area contributed by atoms with Gasteiger partial charge in [0.1, 0.15) is 0 Å². The molecule has 0 aromatic heterocycles. The Bertz CT molecular complexity index is 413. The molecule has 1 aromatic carbocycles. The predicted molar refractivity (Wildman–Crippen MR) is 83.3 cm³/mol. The van der Waals surface area contributed by atoms with Gasteiger partial charge in [0, 0.05) is 30.9 Å². The largest absolute Gasteiger partial charge is 0.385 e. The predicted octanol–water partition coefficient (Wildman–Crippen LogP) is 3.05. The molecule has 0 heterocycles. The molecule has 0 saturated heterocycles. The Balaban J connectivity index is 2.51. The molecule has 0 atom stereocenters. The topological polar surface area (TPSA) is 50.4 Å². The molecule has 2 N–H and O–H groups in total. The van der Waals surface area contributed by atoms with Gasteiger partial charge in [-0.2, -0.15) is 0 Å². The summed E-state index contributed by atoms with van der Waals surface area (Å²) >= 11 is 0. The number of hydrogen-bond acceptors (Lipinski definition) is 3. The number of benzene rings is 1. The highest BCUT2D eigenvalue weighted by Gasteiger charge is 2.18. The number of ether oxygens (including phenoxy) is 1. The van der Waals surface area contributed by atoms with Crippen LogP contribution in [0.2, 0.25) is 0 Å². The van der Waals surface area contributed by atoms with Gasteiger partial charge in [-0.05, 0) is 51.5 Å². The third-order valence-electron chi connectivity index (χ3n) is 2.94. The molecule has 4 nitrogen and oxygen atoms in total. The molecule has 0 unspecified atom stereocenters. The maximum absolute atomic E-state index is 12.0. The molecule has 0 aliphatic rings. The van der Waals surface area contributed by atoms with E-state index >= 15 is 0 Å². The number of hydrogen-bond donors (Lipinski definition) is 2. The smallest absolute Gasteiger partial charge is 0.251 e. The Hall–Kier alpha value is -1.55. The van der Waals surface area contributed by atoms with E-state index in [0.717, 1.165) is 18.7 Å². The van der Waals surface area contributed by atoms with Crippen molar-refractivity contribution in [3.63, 3.8) is 0 Å². The van der Waals surface area contributed by atoms with Crippen molar-refractivity contribution in [2.24, 2.45) is 0 Å². The molecule has 0 bridgehead atoms. The van der Waals surface area contributed by atoms with Crippen molar-refractivity contribution in [3.05, 3.63) is 29.8 Å². The standard InChI is InChI=1S/C16H26N2O2/c1-5-11-17-14-9-7-13(8-10-14)15(19)18-12-16(3,4)20-6-2/h7-10,17H,5-6,11-12H2,1-4H3,(H,18,19). The van der Waals surface area contributed by atoms with Crippen LogP contribution in [0.3, 0.4) is 0 Å². The number of carbonyl (C=O) groups excluding carboxylic acids is 1. The van der Waals surface area contributed by atoms with E-state index in [9.17, 15) is 4.79 Å². The van der Waals surface area contributed by atoms with Gasteiger partial charge in [0.25, 0.3) is 5.91 Å². The minimum Gasteiger partial charge on any atom is -0.385 e. The molecule has 1 rings (SSSR count). The summed E-state index contributed by atoms with van der Waals surface area (Å²) in [4.78, 5) is 12.0. The molecular formula is C16H26N2O2. The Morgan fingerprint density at radius 2 is 1.85 bits per heavy atom. The zero-order valence-corrected chi connectivity index (χ0v) is 13.0. The summed E-state index contributed by atoms with van der Waals surface area (Å²) in [6.45, 7) is 10.1. The van der Waals surface area contributed by atoms with Crippen molar-refractivity contribution in [2.45, 2.75) is 39.7 Å². The summed E-state index contributed by atoms with van der Waals surface area (Å²) in [5.74, 6) is -0.0696. The van der Waals surface area contributed by atoms with Crippen LogP contribution in [0.5, 0.6) is 0 Å². The van der Waals surface area contributed by atoms with Crippen LogP contribution in [0.1, 0.15) is 44.5 Å². The lowest BCUT2D eigenvalue weighted by Gasteiger charge is -2.24. The molecule has 0 radical (unpaired) electrons. The monoisotopic (exact) mass is 278 g/mol. The van der Waals surface area contributed by atoms with Crippen molar-refractivity contribution in [3.8, 4) is 0 Å². The van der Waals surface area contributed by atoms with Gasteiger partial charge in [0.05, 0.1) is 5.60 Å². The number of carbonyl (C=O) groups is 1. The fourth-order valence-electron chi connectivity index (χ4n) is 1.85. The summed E-state index contributed by atoms with van der Waals surface area (Å²) in [5.41, 5.74) is 1.37. The second kappa shape index (κ2) is 7.90. The van der Waals surface area contributed by atoms with Crippen LogP contribution >= 0.6 is 0 Å². The van der Waals surface area contributed by atoms with Crippen molar-refractivity contribution >= 4 is 11.6 Å². The molecule has 0 fully saturated rings. The van der Waals surface area contributed by atoms with Crippen LogP contribution < -0.4 is 10.6 Å². The summed E-state index contributed by atoms with van der Waals surface area (Å²) in [6.07, 6.45) is 1.08. The summed E-state index contributed by atoms with van der Waals surface area (Å²) < 4.78 is 5.55. The highest BCUT2D eigenvalue weighted by atomic mass is 16.5. The van der Waals surface area contributed by atoms with E-state index in [2.05, 4.69) is 17.6 Å². The van der Waals surface area contributed by atoms with Crippen LogP contribution in [0.4, 0.5) is 5.69 Å². The molecule has 0 aliphatic carbocycles. The fraction of sp³-hybridized carbons (Fsp3) is 0.562. The Morgan fingerprint density at radius 1 is 1.20 bits per heavy atom. The molecule has 0 saturated carbocycles. The number of amides is 1. The second-order valence-electron chi connectivity index (χ2n) is 5.38. The van der Waals surface area contributed by atoms with Crippen molar-refractivity contribution in [1.82, 2.24) is 5.32 Å². The van der Waals surface area contributed by atoms with Gasteiger partial charge >= 0.3 is 0 Å². The zero-order valence-electron chi connectivity index (χ0n) is 13.0. The van der Waals surface area contributed by atoms with E-state index in [1.165, 1.54) is 0 Å². The summed E-state index contributed by atoms with van der Waals surface area (Å²) in [7, 11) is 0. The average Bonchev–Trinajstić information content (AvgIpc) is 2.43. The summed E-state index contributed by atoms with van der Waals surface area (Å²) in [5, 5.41) is 6.18. The second-order valence-corrected chi connectivity index (χ2v) is 5.38. The van der Waals surface area contributed by atoms with Crippen LogP contribution in [-0.4, -0.2) is 31.2 Å². The van der Waals surface area contributed by atoms with Gasteiger partial charge in [-0.25, -0.2) is 0 Å². The quantitative estimate of drug-likeness (QED) is 0.768. The van der Waals surface area contributed by atoms with E-state index in [1.54, 1.807) is 0 Å². The van der Waals surface area contributed by atoms with E-state index in [1.807, 2.05) is 45.0 Å². The first-order chi connectivity index (χ1) is 9.48. The molecule has 4 heteroatoms. The van der Waals surface area contributed by atoms with Crippen LogP contribution in [-0.2, 0) is 4.74 Å². The summed E-state index contributed by atoms with van der Waals surface area (Å²) in [6, 6.07) is 7.53. The maximum atomic E-state index is 12.0. The lowest BCUT2D eigenvalue weighted by molar-refractivity contribution is -0.00815. The third-order valence-corrected chi connectivity index (χ3v) is 2.94. The minimum atomic E-state index is -0.340. The van der Waals surface area contributed by atoms with E-state index in [0.29, 0.717) is 18.7 Å². The molecular weight excluding hydrogens is 252 g/mol. The van der Waals surface area contributed by atoms with Crippen LogP contribution in [0.15, 0.2) is 24.3 Å². The van der Waals surface area contributed by atoms with Gasteiger partial charge in [0.2, 0.25) is 0 Å². The SMILES string of the molecule is CCCNc1ccc(C(=O)NCC(C)(C)OCC)cc1. The van der Waals surface area contributed by atoms with E-state index in [-0.39, 0.29) is 11.5 Å². The Kier molecular flexibility index (Phi) is 6.52. The van der Waals surface area contributed by atoms with E-state index in [4.69, 9.17) is 4.74 Å². The zero-order chi connectivity index (χ0) is 15.0. The third kappa shape index (κ3) is 5.61. The highest BCUT2D eigenvalue weighted by molar-refractivity contribution is 5.94. The minimum absolute atomic E-state index is 0.0696. The molecule has 0 spiro atoms. The normalized spacial score (nSPS) is 11.2. The average molecular weight is 278 g/mol. The Labute approximate surface area is 121 Å². The first-order valence-electron chi connectivity index (χ1n) is 7.24. The van der Waals surface area contributed by atoms with Crippen molar-refractivity contribution in [2.75, 3.05) is 25.0 Å². The first-order valence-corrected chi connectivity index (χ1v) is 7.24. The Morgan fingerprint density at radius 3 is 2.40 bits per heavy atom. The molecule has 20 heavy (non-hydrogen) atoms. The first kappa shape index (κ1) is 16.5. The number of nitrogens with one attached hydrogen (secondary N) is 2. The fourth-order valence-corrected chi connectivity index (χ4v) is 1.85. The lowest BCUT2D eigenvalue weighted by atomic mass is 10.1. The number of rotatable bonds is 8. The molecule has 1 amide bonds. The van der Waals surface area contributed by atoms with Crippen LogP contribution in [0, 0.1) is 0 Å². The van der Waals surface area contributed by atoms with Gasteiger partial charge in [0.15, 0.2) is 0 Å². The highest BCUT2D eigenvalue weighted by Crippen LogP contribution is 2.11. The lowest BCUT2D eigenvalue weighted by Crippen LogP contribution is -2.40. The maximum Gasteiger partial charge on any atom is 0.251 e. The van der Waals surface area contributed by atoms with Crippen molar-refractivity contribution in [1.29, 1.82) is 0 Å². The van der Waals surface area contributed by atoms with Gasteiger partial charge < -0.3 is 15.4 Å². The van der Waals surface area contributed by atoms with E-state index < -0.39 is 0 Å². The van der Waals surface area contributed by atoms with Gasteiger partial charge in [-0.15, -0.1) is 0 Å². The van der Waals surface area contributed by atoms with Crippen molar-refractivity contribution < 1.29 is 9.53 Å².